The molecule has 0 aliphatic carbocycles. The lowest BCUT2D eigenvalue weighted by molar-refractivity contribution is -0.122. The van der Waals surface area contributed by atoms with Crippen molar-refractivity contribution in [2.24, 2.45) is 16.8 Å². The molecule has 0 radical (unpaired) electrons. The molecule has 2 rings (SSSR count). The lowest BCUT2D eigenvalue weighted by atomic mass is 9.86. The summed E-state index contributed by atoms with van der Waals surface area (Å²) in [5, 5.41) is 6.54. The predicted molar refractivity (Wildman–Crippen MR) is 146 cm³/mol. The second kappa shape index (κ2) is 14.4. The predicted octanol–water partition coefficient (Wildman–Crippen LogP) is 5.84. The molecule has 8 heteroatoms. The van der Waals surface area contributed by atoms with Gasteiger partial charge in [0, 0.05) is 25.2 Å². The molecule has 202 valence electrons. The zero-order valence-electron chi connectivity index (χ0n) is 23.4. The Kier molecular flexibility index (Phi) is 11.6. The highest BCUT2D eigenvalue weighted by molar-refractivity contribution is 6.03. The molecular weight excluding hydrogens is 470 g/mol. The number of hydrogen-bond donors (Lipinski definition) is 1. The number of hydrogen-bond acceptors (Lipinski definition) is 7. The number of aliphatic imine (C=N–C) groups is 1. The summed E-state index contributed by atoms with van der Waals surface area (Å²) in [6.45, 7) is 9.96. The Balaban J connectivity index is 2.03. The molecule has 1 N–H and O–H groups in total. The number of methoxy groups -OCH3 is 2. The number of ketones is 1. The number of likely N-dealkylation sites (N-methyl/N-ethyl adjacent to an activating group) is 1. The number of Topliss-reactive ketones (excluding diaryl/α,β-unsaturated/α-hetero) is 1. The largest absolute Gasteiger partial charge is 0.497 e. The number of rotatable bonds is 14. The number of carbonyl (C=O) groups is 2. The van der Waals surface area contributed by atoms with Crippen LogP contribution in [0.5, 0.6) is 11.6 Å². The van der Waals surface area contributed by atoms with Crippen LogP contribution in [-0.4, -0.2) is 43.8 Å². The van der Waals surface area contributed by atoms with E-state index in [0.717, 1.165) is 41.9 Å². The standard InChI is InChI=1S/C29H41N3O5/c1-18(2)27(25-17-26(36-8)32-37-25)24(33)12-10-9-11-19(3)21(5)31-28(29(34)30-6)20(4)22-13-15-23(35-7)16-14-22/h13-19,27H,9-12H2,1-8H3,(H,30,34)/b28-20+,31-21?. The number of ether oxygens (including phenoxy) is 2. The summed E-state index contributed by atoms with van der Waals surface area (Å²) in [5.41, 5.74) is 2.98. The van der Waals surface area contributed by atoms with Crippen LogP contribution in [0.1, 0.15) is 77.5 Å². The van der Waals surface area contributed by atoms with Crippen LogP contribution in [0.3, 0.4) is 0 Å². The van der Waals surface area contributed by atoms with Gasteiger partial charge in [0.25, 0.3) is 11.8 Å². The average molecular weight is 512 g/mol. The van der Waals surface area contributed by atoms with Gasteiger partial charge in [-0.1, -0.05) is 39.3 Å². The molecule has 0 saturated carbocycles. The molecule has 0 spiro atoms. The molecule has 1 aromatic carbocycles. The summed E-state index contributed by atoms with van der Waals surface area (Å²) < 4.78 is 15.7. The van der Waals surface area contributed by atoms with Gasteiger partial charge >= 0.3 is 0 Å². The summed E-state index contributed by atoms with van der Waals surface area (Å²) in [6.07, 6.45) is 2.98. The smallest absolute Gasteiger partial charge is 0.269 e. The number of aromatic nitrogens is 1. The van der Waals surface area contributed by atoms with Crippen molar-refractivity contribution in [2.75, 3.05) is 21.3 Å². The van der Waals surface area contributed by atoms with E-state index in [1.807, 2.05) is 52.0 Å². The molecule has 0 fully saturated rings. The van der Waals surface area contributed by atoms with E-state index in [-0.39, 0.29) is 29.4 Å². The van der Waals surface area contributed by atoms with E-state index in [4.69, 9.17) is 19.0 Å². The summed E-state index contributed by atoms with van der Waals surface area (Å²) in [7, 11) is 4.75. The molecule has 1 aromatic heterocycles. The molecular formula is C29H41N3O5. The molecule has 0 aliphatic rings. The first-order valence-electron chi connectivity index (χ1n) is 12.8. The number of allylic oxidation sites excluding steroid dienone is 1. The molecule has 1 heterocycles. The normalized spacial score (nSPS) is 14.1. The van der Waals surface area contributed by atoms with Crippen LogP contribution in [0.25, 0.3) is 5.57 Å². The van der Waals surface area contributed by atoms with Gasteiger partial charge in [0.05, 0.1) is 20.1 Å². The second-order valence-electron chi connectivity index (χ2n) is 9.64. The topological polar surface area (TPSA) is 103 Å². The Labute approximate surface area is 220 Å². The lowest BCUT2D eigenvalue weighted by Crippen LogP contribution is -2.21. The number of carbonyl (C=O) groups excluding carboxylic acids is 2. The third-order valence-corrected chi connectivity index (χ3v) is 6.67. The molecule has 2 unspecified atom stereocenters. The first-order chi connectivity index (χ1) is 17.6. The summed E-state index contributed by atoms with van der Waals surface area (Å²) in [6, 6.07) is 9.26. The van der Waals surface area contributed by atoms with Crippen LogP contribution in [0.2, 0.25) is 0 Å². The van der Waals surface area contributed by atoms with Crippen molar-refractivity contribution in [1.82, 2.24) is 10.5 Å². The Morgan fingerprint density at radius 1 is 1.05 bits per heavy atom. The Morgan fingerprint density at radius 3 is 2.27 bits per heavy atom. The van der Waals surface area contributed by atoms with E-state index in [1.165, 1.54) is 7.11 Å². The van der Waals surface area contributed by atoms with Gasteiger partial charge in [-0.15, -0.1) is 0 Å². The molecule has 37 heavy (non-hydrogen) atoms. The fourth-order valence-corrected chi connectivity index (χ4v) is 4.18. The first kappa shape index (κ1) is 29.8. The van der Waals surface area contributed by atoms with E-state index in [2.05, 4.69) is 17.4 Å². The quantitative estimate of drug-likeness (QED) is 0.194. The maximum Gasteiger partial charge on any atom is 0.269 e. The molecule has 0 saturated heterocycles. The monoisotopic (exact) mass is 511 g/mol. The van der Waals surface area contributed by atoms with Crippen LogP contribution in [0.15, 0.2) is 45.5 Å². The second-order valence-corrected chi connectivity index (χ2v) is 9.64. The van der Waals surface area contributed by atoms with E-state index in [9.17, 15) is 9.59 Å². The highest BCUT2D eigenvalue weighted by atomic mass is 16.5. The van der Waals surface area contributed by atoms with Gasteiger partial charge in [0.15, 0.2) is 5.76 Å². The lowest BCUT2D eigenvalue weighted by Gasteiger charge is -2.17. The minimum Gasteiger partial charge on any atom is -0.497 e. The minimum atomic E-state index is -0.335. The van der Waals surface area contributed by atoms with Crippen molar-refractivity contribution in [1.29, 1.82) is 0 Å². The summed E-state index contributed by atoms with van der Waals surface area (Å²) >= 11 is 0. The van der Waals surface area contributed by atoms with Gasteiger partial charge in [-0.05, 0) is 67.0 Å². The zero-order chi connectivity index (χ0) is 27.5. The van der Waals surface area contributed by atoms with Crippen molar-refractivity contribution in [3.63, 3.8) is 0 Å². The molecule has 2 aromatic rings. The van der Waals surface area contributed by atoms with E-state index in [0.29, 0.717) is 23.8 Å². The molecule has 0 bridgehead atoms. The van der Waals surface area contributed by atoms with Crippen LogP contribution in [-0.2, 0) is 9.59 Å². The maximum absolute atomic E-state index is 13.0. The first-order valence-corrected chi connectivity index (χ1v) is 12.8. The van der Waals surface area contributed by atoms with Crippen LogP contribution in [0.4, 0.5) is 0 Å². The fourth-order valence-electron chi connectivity index (χ4n) is 4.18. The third kappa shape index (κ3) is 8.30. The van der Waals surface area contributed by atoms with Crippen LogP contribution in [0, 0.1) is 11.8 Å². The summed E-state index contributed by atoms with van der Waals surface area (Å²) in [5.74, 6) is 1.53. The van der Waals surface area contributed by atoms with Gasteiger partial charge in [0.1, 0.15) is 17.2 Å². The Bertz CT molecular complexity index is 1100. The van der Waals surface area contributed by atoms with Crippen molar-refractivity contribution in [2.45, 2.75) is 66.2 Å². The highest BCUT2D eigenvalue weighted by Crippen LogP contribution is 2.30. The molecule has 8 nitrogen and oxygen atoms in total. The number of unbranched alkanes of at least 4 members (excludes halogenated alkanes) is 1. The maximum atomic E-state index is 13.0. The van der Waals surface area contributed by atoms with Gasteiger partial charge in [0.2, 0.25) is 0 Å². The van der Waals surface area contributed by atoms with Crippen molar-refractivity contribution in [3.8, 4) is 11.6 Å². The third-order valence-electron chi connectivity index (χ3n) is 6.67. The van der Waals surface area contributed by atoms with E-state index < -0.39 is 0 Å². The Hall–Kier alpha value is -3.42. The van der Waals surface area contributed by atoms with E-state index in [1.54, 1.807) is 20.2 Å². The SMILES string of the molecule is CNC(=O)/C(N=C(C)C(C)CCCCC(=O)C(c1cc(OC)no1)C(C)C)=C(/C)c1ccc(OC)cc1. The van der Waals surface area contributed by atoms with Crippen LogP contribution >= 0.6 is 0 Å². The number of nitrogens with zero attached hydrogens (tertiary/aromatic N) is 2. The van der Waals surface area contributed by atoms with Crippen LogP contribution < -0.4 is 14.8 Å². The number of nitrogens with one attached hydrogen (secondary N) is 1. The van der Waals surface area contributed by atoms with E-state index >= 15 is 0 Å². The summed E-state index contributed by atoms with van der Waals surface area (Å²) in [4.78, 5) is 30.3. The fraction of sp³-hybridized carbons (Fsp3) is 0.517. The van der Waals surface area contributed by atoms with Gasteiger partial charge in [-0.2, -0.15) is 0 Å². The Morgan fingerprint density at radius 2 is 1.73 bits per heavy atom. The highest BCUT2D eigenvalue weighted by Gasteiger charge is 2.28. The number of amides is 1. The minimum absolute atomic E-state index is 0.0994. The zero-order valence-corrected chi connectivity index (χ0v) is 23.4. The van der Waals surface area contributed by atoms with Crippen molar-refractivity contribution in [3.05, 3.63) is 47.4 Å². The molecule has 1 amide bonds. The van der Waals surface area contributed by atoms with Gasteiger partial charge < -0.3 is 19.3 Å². The number of benzene rings is 1. The van der Waals surface area contributed by atoms with Gasteiger partial charge in [-0.3, -0.25) is 14.6 Å². The molecule has 0 aliphatic heterocycles. The molecule has 2 atom stereocenters. The van der Waals surface area contributed by atoms with Crippen molar-refractivity contribution >= 4 is 23.0 Å². The van der Waals surface area contributed by atoms with Gasteiger partial charge in [-0.25, -0.2) is 0 Å². The van der Waals surface area contributed by atoms with Crippen molar-refractivity contribution < 1.29 is 23.6 Å². The average Bonchev–Trinajstić information content (AvgIpc) is 3.37.